The Morgan fingerprint density at radius 3 is 2.85 bits per heavy atom. The normalized spacial score (nSPS) is 12.3. The molecule has 0 aliphatic heterocycles. The summed E-state index contributed by atoms with van der Waals surface area (Å²) in [5.74, 6) is 0.596. The van der Waals surface area contributed by atoms with Gasteiger partial charge in [0.2, 0.25) is 5.89 Å². The first kappa shape index (κ1) is 14.1. The van der Waals surface area contributed by atoms with Crippen LogP contribution in [0.1, 0.15) is 30.2 Å². The summed E-state index contributed by atoms with van der Waals surface area (Å²) in [6, 6.07) is 3.31. The Labute approximate surface area is 114 Å². The van der Waals surface area contributed by atoms with Crippen LogP contribution < -0.4 is 5.32 Å². The van der Waals surface area contributed by atoms with Crippen molar-refractivity contribution >= 4 is 5.69 Å². The third-order valence-corrected chi connectivity index (χ3v) is 2.78. The van der Waals surface area contributed by atoms with Gasteiger partial charge in [0.25, 0.3) is 5.69 Å². The van der Waals surface area contributed by atoms with Gasteiger partial charge in [0, 0.05) is 12.6 Å². The highest BCUT2D eigenvalue weighted by molar-refractivity contribution is 5.35. The fraction of sp³-hybridized carbons (Fsp3) is 0.308. The topological polar surface area (TPSA) is 81.2 Å². The Morgan fingerprint density at radius 2 is 2.25 bits per heavy atom. The minimum atomic E-state index is -0.629. The minimum Gasteiger partial charge on any atom is -0.444 e. The van der Waals surface area contributed by atoms with Crippen LogP contribution in [0.15, 0.2) is 28.8 Å². The summed E-state index contributed by atoms with van der Waals surface area (Å²) in [6.45, 7) is 3.92. The molecule has 2 rings (SSSR count). The van der Waals surface area contributed by atoms with Crippen LogP contribution in [0.2, 0.25) is 0 Å². The van der Waals surface area contributed by atoms with E-state index in [2.05, 4.69) is 10.3 Å². The molecular formula is C13H14FN3O3. The summed E-state index contributed by atoms with van der Waals surface area (Å²) >= 11 is 0. The van der Waals surface area contributed by atoms with Crippen molar-refractivity contribution in [1.29, 1.82) is 0 Å². The molecule has 1 N–H and O–H groups in total. The van der Waals surface area contributed by atoms with E-state index in [9.17, 15) is 14.5 Å². The van der Waals surface area contributed by atoms with Gasteiger partial charge in [0.05, 0.1) is 23.2 Å². The zero-order valence-corrected chi connectivity index (χ0v) is 11.1. The number of aromatic nitrogens is 1. The Morgan fingerprint density at radius 1 is 1.50 bits per heavy atom. The molecule has 2 aromatic rings. The van der Waals surface area contributed by atoms with E-state index in [1.54, 1.807) is 13.1 Å². The highest BCUT2D eigenvalue weighted by atomic mass is 19.1. The van der Waals surface area contributed by atoms with Crippen LogP contribution in [0, 0.1) is 22.9 Å². The predicted molar refractivity (Wildman–Crippen MR) is 69.5 cm³/mol. The lowest BCUT2D eigenvalue weighted by Gasteiger charge is -2.10. The number of oxazole rings is 1. The van der Waals surface area contributed by atoms with Crippen molar-refractivity contribution in [3.05, 3.63) is 57.5 Å². The van der Waals surface area contributed by atoms with Gasteiger partial charge in [-0.1, -0.05) is 0 Å². The van der Waals surface area contributed by atoms with Gasteiger partial charge >= 0.3 is 0 Å². The van der Waals surface area contributed by atoms with Crippen LogP contribution in [0.5, 0.6) is 0 Å². The van der Waals surface area contributed by atoms with E-state index in [4.69, 9.17) is 4.42 Å². The molecule has 0 amide bonds. The first-order valence-electron chi connectivity index (χ1n) is 6.05. The monoisotopic (exact) mass is 279 g/mol. The number of rotatable bonds is 5. The molecule has 1 heterocycles. The second kappa shape index (κ2) is 5.79. The zero-order valence-electron chi connectivity index (χ0n) is 11.1. The van der Waals surface area contributed by atoms with Gasteiger partial charge in [-0.25, -0.2) is 9.37 Å². The molecule has 1 unspecified atom stereocenters. The largest absolute Gasteiger partial charge is 0.444 e. The van der Waals surface area contributed by atoms with E-state index in [1.807, 2.05) is 6.92 Å². The van der Waals surface area contributed by atoms with Crippen molar-refractivity contribution in [2.45, 2.75) is 26.4 Å². The van der Waals surface area contributed by atoms with Gasteiger partial charge < -0.3 is 9.73 Å². The maximum absolute atomic E-state index is 13.3. The van der Waals surface area contributed by atoms with Gasteiger partial charge in [-0.2, -0.15) is 0 Å². The standard InChI is InChI=1S/C13H14FN3O3/c1-8-6-16-13(20-8)9(2)15-7-10-3-11(14)5-12(4-10)17(18)19/h3-6,9,15H,7H2,1-2H3. The Hall–Kier alpha value is -2.28. The fourth-order valence-corrected chi connectivity index (χ4v) is 1.77. The molecule has 0 fully saturated rings. The smallest absolute Gasteiger partial charge is 0.272 e. The summed E-state index contributed by atoms with van der Waals surface area (Å²) in [5, 5.41) is 13.7. The molecule has 0 bridgehead atoms. The quantitative estimate of drug-likeness (QED) is 0.672. The van der Waals surface area contributed by atoms with E-state index < -0.39 is 10.7 Å². The maximum Gasteiger partial charge on any atom is 0.272 e. The molecule has 20 heavy (non-hydrogen) atoms. The number of hydrogen-bond donors (Lipinski definition) is 1. The molecule has 7 heteroatoms. The number of halogens is 1. The molecule has 0 spiro atoms. The average Bonchev–Trinajstić information content (AvgIpc) is 2.82. The van der Waals surface area contributed by atoms with Gasteiger partial charge in [0.15, 0.2) is 0 Å². The lowest BCUT2D eigenvalue weighted by atomic mass is 10.2. The number of aryl methyl sites for hydroxylation is 1. The number of hydrogen-bond acceptors (Lipinski definition) is 5. The van der Waals surface area contributed by atoms with Crippen LogP contribution in [0.4, 0.5) is 10.1 Å². The molecule has 0 aliphatic carbocycles. The maximum atomic E-state index is 13.3. The third kappa shape index (κ3) is 3.39. The molecule has 1 atom stereocenters. The molecule has 1 aromatic heterocycles. The van der Waals surface area contributed by atoms with Gasteiger partial charge in [-0.15, -0.1) is 0 Å². The molecule has 0 aliphatic rings. The second-order valence-corrected chi connectivity index (χ2v) is 4.49. The minimum absolute atomic E-state index is 0.175. The van der Waals surface area contributed by atoms with Crippen molar-refractivity contribution in [3.63, 3.8) is 0 Å². The highest BCUT2D eigenvalue weighted by Crippen LogP contribution is 2.18. The SMILES string of the molecule is Cc1cnc(C(C)NCc2cc(F)cc([N+](=O)[O-])c2)o1. The van der Waals surface area contributed by atoms with E-state index >= 15 is 0 Å². The molecule has 106 valence electrons. The van der Waals surface area contributed by atoms with Crippen molar-refractivity contribution in [1.82, 2.24) is 10.3 Å². The second-order valence-electron chi connectivity index (χ2n) is 4.49. The number of non-ortho nitro benzene ring substituents is 1. The Bertz CT molecular complexity index is 627. The summed E-state index contributed by atoms with van der Waals surface area (Å²) in [5.41, 5.74) is 0.230. The lowest BCUT2D eigenvalue weighted by molar-refractivity contribution is -0.385. The van der Waals surface area contributed by atoms with Crippen molar-refractivity contribution in [2.24, 2.45) is 0 Å². The van der Waals surface area contributed by atoms with Crippen LogP contribution in [-0.2, 0) is 6.54 Å². The molecule has 6 nitrogen and oxygen atoms in total. The average molecular weight is 279 g/mol. The van der Waals surface area contributed by atoms with Crippen molar-refractivity contribution in [3.8, 4) is 0 Å². The van der Waals surface area contributed by atoms with Gasteiger partial charge in [-0.3, -0.25) is 10.1 Å². The van der Waals surface area contributed by atoms with Crippen molar-refractivity contribution < 1.29 is 13.7 Å². The van der Waals surface area contributed by atoms with E-state index in [1.165, 1.54) is 12.1 Å². The van der Waals surface area contributed by atoms with E-state index in [0.717, 1.165) is 6.07 Å². The zero-order chi connectivity index (χ0) is 14.7. The van der Waals surface area contributed by atoms with E-state index in [0.29, 0.717) is 17.2 Å². The number of nitrogens with one attached hydrogen (secondary N) is 1. The third-order valence-electron chi connectivity index (χ3n) is 2.78. The van der Waals surface area contributed by atoms with E-state index in [-0.39, 0.29) is 18.3 Å². The van der Waals surface area contributed by atoms with Crippen molar-refractivity contribution in [2.75, 3.05) is 0 Å². The first-order chi connectivity index (χ1) is 9.45. The predicted octanol–water partition coefficient (Wildman–Crippen LogP) is 2.88. The summed E-state index contributed by atoms with van der Waals surface area (Å²) < 4.78 is 18.6. The fourth-order valence-electron chi connectivity index (χ4n) is 1.77. The van der Waals surface area contributed by atoms with Crippen LogP contribution in [-0.4, -0.2) is 9.91 Å². The highest BCUT2D eigenvalue weighted by Gasteiger charge is 2.13. The summed E-state index contributed by atoms with van der Waals surface area (Å²) in [7, 11) is 0. The van der Waals surface area contributed by atoms with Crippen LogP contribution >= 0.6 is 0 Å². The summed E-state index contributed by atoms with van der Waals surface area (Å²) in [6.07, 6.45) is 1.61. The number of nitro groups is 1. The molecule has 0 saturated heterocycles. The van der Waals surface area contributed by atoms with Gasteiger partial charge in [-0.05, 0) is 25.5 Å². The molecular weight excluding hydrogens is 265 g/mol. The number of nitrogens with zero attached hydrogens (tertiary/aromatic N) is 2. The molecule has 1 aromatic carbocycles. The Kier molecular flexibility index (Phi) is 4.09. The lowest BCUT2D eigenvalue weighted by Crippen LogP contribution is -2.18. The first-order valence-corrected chi connectivity index (χ1v) is 6.05. The molecule has 0 radical (unpaired) electrons. The Balaban J connectivity index is 2.05. The number of benzene rings is 1. The number of nitro benzene ring substituents is 1. The van der Waals surface area contributed by atoms with Crippen LogP contribution in [0.3, 0.4) is 0 Å². The summed E-state index contributed by atoms with van der Waals surface area (Å²) in [4.78, 5) is 14.1. The molecule has 0 saturated carbocycles. The van der Waals surface area contributed by atoms with Gasteiger partial charge in [0.1, 0.15) is 11.6 Å². The van der Waals surface area contributed by atoms with Crippen LogP contribution in [0.25, 0.3) is 0 Å².